The van der Waals surface area contributed by atoms with Gasteiger partial charge in [-0.05, 0) is 76.8 Å². The molecule has 2 saturated heterocycles. The predicted molar refractivity (Wildman–Crippen MR) is 145 cm³/mol. The van der Waals surface area contributed by atoms with Crippen LogP contribution in [-0.4, -0.2) is 73.7 Å². The molecule has 0 spiro atoms. The SMILES string of the molecule is C[C@H]1CN(Cc2ccc(NS(=O)(=O)c3ccc(N4CCCCC4)nc3)cc2)CCN1C(=O)OC(C)(C)C. The number of ether oxygens (including phenoxy) is 1. The Morgan fingerprint density at radius 1 is 1.03 bits per heavy atom. The molecule has 0 saturated carbocycles. The number of carbonyl (C=O) groups is 1. The average molecular weight is 530 g/mol. The van der Waals surface area contributed by atoms with E-state index in [2.05, 4.69) is 19.5 Å². The summed E-state index contributed by atoms with van der Waals surface area (Å²) in [6.07, 6.45) is 4.67. The Kier molecular flexibility index (Phi) is 8.28. The molecule has 1 aromatic heterocycles. The van der Waals surface area contributed by atoms with Crippen molar-refractivity contribution in [3.63, 3.8) is 0 Å². The highest BCUT2D eigenvalue weighted by molar-refractivity contribution is 7.92. The van der Waals surface area contributed by atoms with Crippen LogP contribution in [0.25, 0.3) is 0 Å². The van der Waals surface area contributed by atoms with E-state index < -0.39 is 15.6 Å². The van der Waals surface area contributed by atoms with Crippen molar-refractivity contribution in [3.8, 4) is 0 Å². The number of nitrogens with one attached hydrogen (secondary N) is 1. The fourth-order valence-electron chi connectivity index (χ4n) is 4.76. The van der Waals surface area contributed by atoms with Gasteiger partial charge in [-0.3, -0.25) is 9.62 Å². The minimum atomic E-state index is -3.73. The fraction of sp³-hybridized carbons (Fsp3) is 0.556. The Hall–Kier alpha value is -2.85. The summed E-state index contributed by atoms with van der Waals surface area (Å²) in [5.74, 6) is 0.823. The number of rotatable bonds is 6. The number of carbonyl (C=O) groups excluding carboxylic acids is 1. The molecule has 1 amide bonds. The zero-order valence-corrected chi connectivity index (χ0v) is 23.1. The van der Waals surface area contributed by atoms with Gasteiger partial charge in [0, 0.05) is 57.2 Å². The molecule has 2 aromatic rings. The highest BCUT2D eigenvalue weighted by Gasteiger charge is 2.30. The van der Waals surface area contributed by atoms with Gasteiger partial charge in [-0.15, -0.1) is 0 Å². The van der Waals surface area contributed by atoms with Crippen molar-refractivity contribution in [1.82, 2.24) is 14.8 Å². The first-order valence-corrected chi connectivity index (χ1v) is 14.5. The summed E-state index contributed by atoms with van der Waals surface area (Å²) >= 11 is 0. The summed E-state index contributed by atoms with van der Waals surface area (Å²) in [5.41, 5.74) is 1.07. The molecule has 37 heavy (non-hydrogen) atoms. The summed E-state index contributed by atoms with van der Waals surface area (Å²) in [6.45, 7) is 12.4. The van der Waals surface area contributed by atoms with Crippen LogP contribution in [0.5, 0.6) is 0 Å². The average Bonchev–Trinajstić information content (AvgIpc) is 2.85. The van der Waals surface area contributed by atoms with Gasteiger partial charge in [0.15, 0.2) is 0 Å². The molecule has 10 heteroatoms. The standard InChI is InChI=1S/C27H39N5O4S/c1-21-19-30(16-17-32(21)26(33)36-27(2,3)4)20-22-8-10-23(11-9-22)29-37(34,35)24-12-13-25(28-18-24)31-14-6-5-7-15-31/h8-13,18,21,29H,5-7,14-17,19-20H2,1-4H3/t21-/m0/s1. The molecule has 202 valence electrons. The number of hydrogen-bond acceptors (Lipinski definition) is 7. The van der Waals surface area contributed by atoms with E-state index in [1.54, 1.807) is 29.2 Å². The molecule has 1 aromatic carbocycles. The predicted octanol–water partition coefficient (Wildman–Crippen LogP) is 4.31. The maximum absolute atomic E-state index is 12.9. The molecule has 2 aliphatic heterocycles. The van der Waals surface area contributed by atoms with Gasteiger partial charge in [0.2, 0.25) is 0 Å². The minimum Gasteiger partial charge on any atom is -0.444 e. The number of pyridine rings is 1. The molecular weight excluding hydrogens is 490 g/mol. The molecule has 2 fully saturated rings. The van der Waals surface area contributed by atoms with Gasteiger partial charge < -0.3 is 14.5 Å². The van der Waals surface area contributed by atoms with Crippen LogP contribution in [0.15, 0.2) is 47.5 Å². The number of hydrogen-bond donors (Lipinski definition) is 1. The molecule has 2 aliphatic rings. The first-order chi connectivity index (χ1) is 17.5. The molecule has 0 unspecified atom stereocenters. The van der Waals surface area contributed by atoms with Gasteiger partial charge >= 0.3 is 6.09 Å². The molecule has 4 rings (SSSR count). The second kappa shape index (κ2) is 11.3. The van der Waals surface area contributed by atoms with E-state index in [1.165, 1.54) is 12.6 Å². The second-order valence-electron chi connectivity index (χ2n) is 11.0. The van der Waals surface area contributed by atoms with Crippen molar-refractivity contribution in [2.24, 2.45) is 0 Å². The first-order valence-electron chi connectivity index (χ1n) is 13.0. The Bertz CT molecular complexity index is 1160. The number of aromatic nitrogens is 1. The fourth-order valence-corrected chi connectivity index (χ4v) is 5.76. The van der Waals surface area contributed by atoms with E-state index in [-0.39, 0.29) is 17.0 Å². The number of amides is 1. The Balaban J connectivity index is 1.31. The molecule has 3 heterocycles. The lowest BCUT2D eigenvalue weighted by Crippen LogP contribution is -2.54. The first kappa shape index (κ1) is 27.2. The van der Waals surface area contributed by atoms with E-state index in [4.69, 9.17) is 4.74 Å². The topological polar surface area (TPSA) is 95.1 Å². The lowest BCUT2D eigenvalue weighted by molar-refractivity contribution is 0.000557. The lowest BCUT2D eigenvalue weighted by Gasteiger charge is -2.40. The highest BCUT2D eigenvalue weighted by atomic mass is 32.2. The van der Waals surface area contributed by atoms with Crippen LogP contribution in [0.1, 0.15) is 52.5 Å². The summed E-state index contributed by atoms with van der Waals surface area (Å²) in [7, 11) is -3.73. The zero-order valence-electron chi connectivity index (χ0n) is 22.3. The minimum absolute atomic E-state index is 0.0459. The van der Waals surface area contributed by atoms with Gasteiger partial charge in [-0.1, -0.05) is 12.1 Å². The second-order valence-corrected chi connectivity index (χ2v) is 12.6. The van der Waals surface area contributed by atoms with Crippen LogP contribution in [-0.2, 0) is 21.3 Å². The third kappa shape index (κ3) is 7.35. The Morgan fingerprint density at radius 2 is 1.73 bits per heavy atom. The molecular formula is C27H39N5O4S. The van der Waals surface area contributed by atoms with Gasteiger partial charge in [0.25, 0.3) is 10.0 Å². The Labute approximate surface area is 220 Å². The summed E-state index contributed by atoms with van der Waals surface area (Å²) in [6, 6.07) is 10.9. The van der Waals surface area contributed by atoms with Crippen molar-refractivity contribution < 1.29 is 17.9 Å². The van der Waals surface area contributed by atoms with Gasteiger partial charge in [-0.25, -0.2) is 18.2 Å². The third-order valence-electron chi connectivity index (χ3n) is 6.66. The molecule has 0 radical (unpaired) electrons. The molecule has 0 bridgehead atoms. The summed E-state index contributed by atoms with van der Waals surface area (Å²) < 4.78 is 33.9. The van der Waals surface area contributed by atoms with Crippen LogP contribution in [0.2, 0.25) is 0 Å². The van der Waals surface area contributed by atoms with Crippen LogP contribution >= 0.6 is 0 Å². The van der Waals surface area contributed by atoms with Crippen molar-refractivity contribution in [3.05, 3.63) is 48.2 Å². The largest absolute Gasteiger partial charge is 0.444 e. The molecule has 1 atom stereocenters. The van der Waals surface area contributed by atoms with Crippen molar-refractivity contribution in [2.75, 3.05) is 42.3 Å². The molecule has 0 aliphatic carbocycles. The van der Waals surface area contributed by atoms with E-state index >= 15 is 0 Å². The molecule has 1 N–H and O–H groups in total. The zero-order chi connectivity index (χ0) is 26.6. The number of benzene rings is 1. The van der Waals surface area contributed by atoms with Gasteiger partial charge in [-0.2, -0.15) is 0 Å². The van der Waals surface area contributed by atoms with Crippen molar-refractivity contribution in [2.45, 2.75) is 70.0 Å². The quantitative estimate of drug-likeness (QED) is 0.596. The van der Waals surface area contributed by atoms with E-state index in [1.807, 2.05) is 39.8 Å². The van der Waals surface area contributed by atoms with Crippen LogP contribution in [0.4, 0.5) is 16.3 Å². The number of piperazine rings is 1. The lowest BCUT2D eigenvalue weighted by atomic mass is 10.1. The number of nitrogens with zero attached hydrogens (tertiary/aromatic N) is 4. The number of sulfonamides is 1. The normalized spacial score (nSPS) is 19.5. The van der Waals surface area contributed by atoms with Crippen LogP contribution in [0.3, 0.4) is 0 Å². The van der Waals surface area contributed by atoms with E-state index in [0.29, 0.717) is 12.2 Å². The maximum Gasteiger partial charge on any atom is 0.410 e. The maximum atomic E-state index is 12.9. The number of piperidine rings is 1. The van der Waals surface area contributed by atoms with Crippen LogP contribution < -0.4 is 9.62 Å². The van der Waals surface area contributed by atoms with Crippen LogP contribution in [0, 0.1) is 0 Å². The third-order valence-corrected chi connectivity index (χ3v) is 8.03. The van der Waals surface area contributed by atoms with Crippen molar-refractivity contribution in [1.29, 1.82) is 0 Å². The summed E-state index contributed by atoms with van der Waals surface area (Å²) in [5, 5.41) is 0. The smallest absolute Gasteiger partial charge is 0.410 e. The number of anilines is 2. The monoisotopic (exact) mass is 529 g/mol. The Morgan fingerprint density at radius 3 is 2.32 bits per heavy atom. The summed E-state index contributed by atoms with van der Waals surface area (Å²) in [4.78, 5) is 23.3. The van der Waals surface area contributed by atoms with Gasteiger partial charge in [0.1, 0.15) is 16.3 Å². The van der Waals surface area contributed by atoms with Gasteiger partial charge in [0.05, 0.1) is 0 Å². The van der Waals surface area contributed by atoms with Crippen molar-refractivity contribution >= 4 is 27.6 Å². The van der Waals surface area contributed by atoms with E-state index in [0.717, 1.165) is 56.9 Å². The molecule has 9 nitrogen and oxygen atoms in total. The van der Waals surface area contributed by atoms with E-state index in [9.17, 15) is 13.2 Å². The highest BCUT2D eigenvalue weighted by Crippen LogP contribution is 2.22.